The van der Waals surface area contributed by atoms with Crippen LogP contribution in [0.4, 0.5) is 0 Å². The van der Waals surface area contributed by atoms with Crippen molar-refractivity contribution in [3.63, 3.8) is 0 Å². The molecule has 0 spiro atoms. The third kappa shape index (κ3) is 4.20. The van der Waals surface area contributed by atoms with Gasteiger partial charge in [0.1, 0.15) is 11.5 Å². The van der Waals surface area contributed by atoms with E-state index in [1.165, 1.54) is 19.4 Å². The molecular weight excluding hydrogens is 358 g/mol. The van der Waals surface area contributed by atoms with Gasteiger partial charge in [0.15, 0.2) is 5.78 Å². The summed E-state index contributed by atoms with van der Waals surface area (Å²) in [4.78, 5) is 15.7. The number of ketones is 1. The van der Waals surface area contributed by atoms with E-state index in [2.05, 4.69) is 11.0 Å². The zero-order valence-electron chi connectivity index (χ0n) is 16.7. The fourth-order valence-electron chi connectivity index (χ4n) is 4.45. The number of likely N-dealkylation sites (tertiary alicyclic amines) is 1. The van der Waals surface area contributed by atoms with Gasteiger partial charge in [0, 0.05) is 30.0 Å². The number of piperidine rings is 1. The van der Waals surface area contributed by atoms with Crippen LogP contribution >= 0.6 is 0 Å². The SMILES string of the molecule is O=C(c1ccc2c(Oc3ccccc3)cccc2c1)C1CCCN(CC2CC2)C1. The van der Waals surface area contributed by atoms with E-state index in [9.17, 15) is 4.79 Å². The van der Waals surface area contributed by atoms with Crippen molar-refractivity contribution < 1.29 is 9.53 Å². The molecule has 3 aromatic rings. The Morgan fingerprint density at radius 3 is 2.66 bits per heavy atom. The van der Waals surface area contributed by atoms with E-state index in [-0.39, 0.29) is 5.92 Å². The maximum Gasteiger partial charge on any atom is 0.167 e. The highest BCUT2D eigenvalue weighted by Gasteiger charge is 2.30. The Hall–Kier alpha value is -2.65. The molecule has 1 saturated heterocycles. The zero-order chi connectivity index (χ0) is 19.6. The number of ether oxygens (including phenoxy) is 1. The van der Waals surface area contributed by atoms with E-state index < -0.39 is 0 Å². The van der Waals surface area contributed by atoms with Crippen LogP contribution in [0.15, 0.2) is 66.7 Å². The molecule has 148 valence electrons. The number of carbonyl (C=O) groups is 1. The Labute approximate surface area is 172 Å². The van der Waals surface area contributed by atoms with E-state index in [0.717, 1.165) is 59.7 Å². The average Bonchev–Trinajstić information content (AvgIpc) is 3.58. The molecule has 5 rings (SSSR count). The van der Waals surface area contributed by atoms with Crippen molar-refractivity contribution in [2.45, 2.75) is 25.7 Å². The van der Waals surface area contributed by atoms with E-state index in [1.807, 2.05) is 60.7 Å². The smallest absolute Gasteiger partial charge is 0.167 e. The van der Waals surface area contributed by atoms with Crippen LogP contribution < -0.4 is 4.74 Å². The number of carbonyl (C=O) groups excluding carboxylic acids is 1. The van der Waals surface area contributed by atoms with Crippen molar-refractivity contribution in [3.05, 3.63) is 72.3 Å². The van der Waals surface area contributed by atoms with Crippen LogP contribution in [0.1, 0.15) is 36.0 Å². The predicted molar refractivity (Wildman–Crippen MR) is 117 cm³/mol. The fraction of sp³-hybridized carbons (Fsp3) is 0.346. The van der Waals surface area contributed by atoms with Gasteiger partial charge in [0.2, 0.25) is 0 Å². The van der Waals surface area contributed by atoms with E-state index >= 15 is 0 Å². The van der Waals surface area contributed by atoms with E-state index in [1.54, 1.807) is 0 Å². The normalized spacial score (nSPS) is 19.9. The zero-order valence-corrected chi connectivity index (χ0v) is 16.7. The van der Waals surface area contributed by atoms with Gasteiger partial charge in [0.05, 0.1) is 0 Å². The first-order chi connectivity index (χ1) is 14.3. The highest BCUT2D eigenvalue weighted by Crippen LogP contribution is 2.33. The molecule has 1 unspecified atom stereocenters. The molecule has 0 N–H and O–H groups in total. The molecule has 2 fully saturated rings. The highest BCUT2D eigenvalue weighted by molar-refractivity contribution is 6.02. The second-order valence-electron chi connectivity index (χ2n) is 8.51. The number of para-hydroxylation sites is 1. The summed E-state index contributed by atoms with van der Waals surface area (Å²) in [5.41, 5.74) is 0.827. The topological polar surface area (TPSA) is 29.5 Å². The van der Waals surface area contributed by atoms with Crippen LogP contribution in [0.3, 0.4) is 0 Å². The van der Waals surface area contributed by atoms with Gasteiger partial charge in [-0.1, -0.05) is 36.4 Å². The van der Waals surface area contributed by atoms with Gasteiger partial charge in [-0.3, -0.25) is 4.79 Å². The maximum atomic E-state index is 13.2. The molecule has 2 aliphatic rings. The van der Waals surface area contributed by atoms with Gasteiger partial charge < -0.3 is 9.64 Å². The van der Waals surface area contributed by atoms with Gasteiger partial charge in [-0.15, -0.1) is 0 Å². The summed E-state index contributed by atoms with van der Waals surface area (Å²) in [6.45, 7) is 3.25. The number of benzene rings is 3. The van der Waals surface area contributed by atoms with Crippen LogP contribution in [0, 0.1) is 11.8 Å². The number of hydrogen-bond acceptors (Lipinski definition) is 3. The number of rotatable bonds is 6. The monoisotopic (exact) mass is 385 g/mol. The highest BCUT2D eigenvalue weighted by atomic mass is 16.5. The minimum Gasteiger partial charge on any atom is -0.457 e. The largest absolute Gasteiger partial charge is 0.457 e. The first-order valence-electron chi connectivity index (χ1n) is 10.8. The van der Waals surface area contributed by atoms with Gasteiger partial charge >= 0.3 is 0 Å². The molecular formula is C26H27NO2. The van der Waals surface area contributed by atoms with Gasteiger partial charge in [-0.25, -0.2) is 0 Å². The molecule has 3 aromatic carbocycles. The van der Waals surface area contributed by atoms with Crippen molar-refractivity contribution in [2.24, 2.45) is 11.8 Å². The molecule has 1 atom stereocenters. The Morgan fingerprint density at radius 1 is 0.966 bits per heavy atom. The lowest BCUT2D eigenvalue weighted by Crippen LogP contribution is -2.39. The van der Waals surface area contributed by atoms with E-state index in [0.29, 0.717) is 5.78 Å². The summed E-state index contributed by atoms with van der Waals surface area (Å²) < 4.78 is 6.07. The van der Waals surface area contributed by atoms with Crippen LogP contribution in [-0.4, -0.2) is 30.3 Å². The summed E-state index contributed by atoms with van der Waals surface area (Å²) in [7, 11) is 0. The Balaban J connectivity index is 1.36. The average molecular weight is 386 g/mol. The predicted octanol–water partition coefficient (Wildman–Crippen LogP) is 5.94. The van der Waals surface area contributed by atoms with Crippen LogP contribution in [0.5, 0.6) is 11.5 Å². The third-order valence-electron chi connectivity index (χ3n) is 6.19. The van der Waals surface area contributed by atoms with E-state index in [4.69, 9.17) is 4.74 Å². The lowest BCUT2D eigenvalue weighted by Gasteiger charge is -2.32. The van der Waals surface area contributed by atoms with Crippen molar-refractivity contribution in [3.8, 4) is 11.5 Å². The molecule has 0 bridgehead atoms. The van der Waals surface area contributed by atoms with Crippen LogP contribution in [-0.2, 0) is 0 Å². The summed E-state index contributed by atoms with van der Waals surface area (Å²) in [5, 5.41) is 2.09. The lowest BCUT2D eigenvalue weighted by molar-refractivity contribution is 0.0815. The van der Waals surface area contributed by atoms with Gasteiger partial charge in [-0.05, 0) is 73.9 Å². The lowest BCUT2D eigenvalue weighted by atomic mass is 9.89. The van der Waals surface area contributed by atoms with Crippen molar-refractivity contribution >= 4 is 16.6 Å². The molecule has 1 saturated carbocycles. The molecule has 1 aliphatic carbocycles. The molecule has 29 heavy (non-hydrogen) atoms. The minimum atomic E-state index is 0.128. The standard InChI is InChI=1S/C26H27NO2/c28-26(22-7-5-15-27(18-22)17-19-11-12-19)21-13-14-24-20(16-21)6-4-10-25(24)29-23-8-2-1-3-9-23/h1-4,6,8-10,13-14,16,19,22H,5,7,11-12,15,17-18H2. The molecule has 1 heterocycles. The second kappa shape index (κ2) is 8.00. The van der Waals surface area contributed by atoms with Crippen molar-refractivity contribution in [1.82, 2.24) is 4.90 Å². The van der Waals surface area contributed by atoms with Gasteiger partial charge in [0.25, 0.3) is 0 Å². The number of Topliss-reactive ketones (excluding diaryl/α,β-unsaturated/α-hetero) is 1. The molecule has 1 aliphatic heterocycles. The fourth-order valence-corrected chi connectivity index (χ4v) is 4.45. The Bertz CT molecular complexity index is 1010. The molecule has 0 radical (unpaired) electrons. The summed E-state index contributed by atoms with van der Waals surface area (Å²) in [6.07, 6.45) is 4.88. The molecule has 0 aromatic heterocycles. The van der Waals surface area contributed by atoms with Crippen LogP contribution in [0.25, 0.3) is 10.8 Å². The first kappa shape index (κ1) is 18.4. The maximum absolute atomic E-state index is 13.2. The summed E-state index contributed by atoms with van der Waals surface area (Å²) in [5.74, 6) is 2.94. The Kier molecular flexibility index (Phi) is 5.07. The van der Waals surface area contributed by atoms with Gasteiger partial charge in [-0.2, -0.15) is 0 Å². The number of fused-ring (bicyclic) bond motifs is 1. The molecule has 3 heteroatoms. The minimum absolute atomic E-state index is 0.128. The number of nitrogens with zero attached hydrogens (tertiary/aromatic N) is 1. The summed E-state index contributed by atoms with van der Waals surface area (Å²) in [6, 6.07) is 21.9. The van der Waals surface area contributed by atoms with Crippen LogP contribution in [0.2, 0.25) is 0 Å². The second-order valence-corrected chi connectivity index (χ2v) is 8.51. The first-order valence-corrected chi connectivity index (χ1v) is 10.8. The van der Waals surface area contributed by atoms with Crippen molar-refractivity contribution in [2.75, 3.05) is 19.6 Å². The van der Waals surface area contributed by atoms with Crippen molar-refractivity contribution in [1.29, 1.82) is 0 Å². The quantitative estimate of drug-likeness (QED) is 0.492. The molecule has 0 amide bonds. The Morgan fingerprint density at radius 2 is 1.83 bits per heavy atom. The summed E-state index contributed by atoms with van der Waals surface area (Å²) >= 11 is 0. The molecule has 3 nitrogen and oxygen atoms in total. The third-order valence-corrected chi connectivity index (χ3v) is 6.19. The number of hydrogen-bond donors (Lipinski definition) is 0.